The number of unbranched alkanes of at least 4 members (excludes halogenated alkanes) is 13. The number of nitrogens with one attached hydrogen (secondary N) is 1. The zero-order valence-corrected chi connectivity index (χ0v) is 32.6. The molecule has 0 radical (unpaired) electrons. The first kappa shape index (κ1) is 43.7. The normalized spacial score (nSPS) is 18.9. The maximum Gasteiger partial charge on any atom is 0.530 e. The minimum atomic E-state index is -4.38. The highest BCUT2D eigenvalue weighted by atomic mass is 35.5. The number of ether oxygens (including phenoxy) is 3. The molecule has 2 unspecified atom stereocenters. The Morgan fingerprint density at radius 1 is 1.00 bits per heavy atom. The van der Waals surface area contributed by atoms with Crippen molar-refractivity contribution in [2.75, 3.05) is 33.5 Å². The summed E-state index contributed by atoms with van der Waals surface area (Å²) in [6, 6.07) is 5.63. The second-order valence-electron chi connectivity index (χ2n) is 13.2. The Bertz CT molecular complexity index is 1540. The number of aromatic amines is 1. The van der Waals surface area contributed by atoms with Crippen LogP contribution in [-0.2, 0) is 27.8 Å². The molecule has 292 valence electrons. The Labute approximate surface area is 312 Å². The van der Waals surface area contributed by atoms with E-state index in [1.807, 2.05) is 0 Å². The fourth-order valence-corrected chi connectivity index (χ4v) is 7.38. The first-order chi connectivity index (χ1) is 25.2. The van der Waals surface area contributed by atoms with Crippen LogP contribution >= 0.6 is 19.4 Å². The van der Waals surface area contributed by atoms with Crippen molar-refractivity contribution in [1.82, 2.24) is 9.55 Å². The molecule has 52 heavy (non-hydrogen) atoms. The van der Waals surface area contributed by atoms with E-state index in [0.717, 1.165) is 12.8 Å². The zero-order valence-electron chi connectivity index (χ0n) is 30.9. The van der Waals surface area contributed by atoms with Gasteiger partial charge < -0.3 is 18.7 Å². The maximum atomic E-state index is 14.0. The van der Waals surface area contributed by atoms with Gasteiger partial charge in [0.25, 0.3) is 5.56 Å². The largest absolute Gasteiger partial charge is 0.530 e. The summed E-state index contributed by atoms with van der Waals surface area (Å²) in [6.07, 6.45) is 17.0. The van der Waals surface area contributed by atoms with E-state index in [4.69, 9.17) is 39.4 Å². The van der Waals surface area contributed by atoms with E-state index >= 15 is 0 Å². The van der Waals surface area contributed by atoms with Crippen molar-refractivity contribution >= 4 is 19.4 Å². The molecule has 1 N–H and O–H groups in total. The molecule has 0 spiro atoms. The molecule has 2 aromatic rings. The number of halogens is 1. The quantitative estimate of drug-likeness (QED) is 0.0291. The fourth-order valence-electron chi connectivity index (χ4n) is 5.89. The fraction of sp³-hybridized carbons (Fsp3) is 0.722. The minimum Gasteiger partial charge on any atom is -0.402 e. The Morgan fingerprint density at radius 2 is 1.63 bits per heavy atom. The van der Waals surface area contributed by atoms with E-state index < -0.39 is 43.5 Å². The molecule has 0 amide bonds. The number of hydrogen-bond acceptors (Lipinski definition) is 10. The van der Waals surface area contributed by atoms with Crippen molar-refractivity contribution in [2.24, 2.45) is 5.11 Å². The molecular formula is C36H57ClN5O9P. The average molecular weight is 770 g/mol. The highest BCUT2D eigenvalue weighted by molar-refractivity contribution is 7.48. The highest BCUT2D eigenvalue weighted by Crippen LogP contribution is 2.51. The number of phosphoric acid groups is 1. The van der Waals surface area contributed by atoms with Crippen LogP contribution in [0.3, 0.4) is 0 Å². The third kappa shape index (κ3) is 15.7. The smallest absolute Gasteiger partial charge is 0.402 e. The lowest BCUT2D eigenvalue weighted by molar-refractivity contribution is -0.0372. The number of H-pyrrole nitrogens is 1. The van der Waals surface area contributed by atoms with Gasteiger partial charge in [0.05, 0.1) is 37.0 Å². The van der Waals surface area contributed by atoms with Gasteiger partial charge in [-0.15, -0.1) is 0 Å². The summed E-state index contributed by atoms with van der Waals surface area (Å²) in [6.45, 7) is 4.02. The summed E-state index contributed by atoms with van der Waals surface area (Å²) in [4.78, 5) is 29.5. The van der Waals surface area contributed by atoms with Crippen LogP contribution < -0.4 is 15.8 Å². The number of aromatic nitrogens is 2. The molecule has 2 heterocycles. The number of rotatable bonds is 28. The van der Waals surface area contributed by atoms with Crippen LogP contribution in [0, 0.1) is 6.92 Å². The lowest BCUT2D eigenvalue weighted by Crippen LogP contribution is -2.33. The molecule has 1 aliphatic heterocycles. The maximum absolute atomic E-state index is 14.0. The van der Waals surface area contributed by atoms with Gasteiger partial charge in [0.2, 0.25) is 0 Å². The number of aryl methyl sites for hydroxylation is 1. The van der Waals surface area contributed by atoms with E-state index in [2.05, 4.69) is 21.9 Å². The topological polar surface area (TPSA) is 176 Å². The van der Waals surface area contributed by atoms with E-state index in [0.29, 0.717) is 12.2 Å². The van der Waals surface area contributed by atoms with Gasteiger partial charge >= 0.3 is 13.5 Å². The Hall–Kier alpha value is -2.67. The average Bonchev–Trinajstić information content (AvgIpc) is 3.53. The Kier molecular flexibility index (Phi) is 20.7. The standard InChI is InChI=1S/C36H57ClN5O9P/c1-4-5-6-7-8-9-10-11-12-13-14-15-16-19-22-47-25-29(46-3)26-48-52(45,51-32-21-18-17-20-30(32)37)49-27-33-31(40-41-38)23-34(50-33)42-24-28(2)35(43)39-36(42)44/h17-18,20-21,24,29,31,33-34H,4-16,19,22-23,25-27H2,1-3H3,(H,39,43,44)/t29?,31-,33+,34+,52?/m0/s1. The van der Waals surface area contributed by atoms with Crippen molar-refractivity contribution in [2.45, 2.75) is 135 Å². The third-order valence-corrected chi connectivity index (χ3v) is 10.7. The van der Waals surface area contributed by atoms with E-state index in [1.165, 1.54) is 101 Å². The molecular weight excluding hydrogens is 713 g/mol. The highest BCUT2D eigenvalue weighted by Gasteiger charge is 2.40. The molecule has 14 nitrogen and oxygen atoms in total. The van der Waals surface area contributed by atoms with Gasteiger partial charge in [-0.3, -0.25) is 23.4 Å². The summed E-state index contributed by atoms with van der Waals surface area (Å²) in [7, 11) is -2.87. The van der Waals surface area contributed by atoms with Crippen LogP contribution in [0.5, 0.6) is 5.75 Å². The number of hydrogen-bond donors (Lipinski definition) is 1. The van der Waals surface area contributed by atoms with Crippen molar-refractivity contribution in [3.05, 3.63) is 72.3 Å². The van der Waals surface area contributed by atoms with Crippen LogP contribution in [0.15, 0.2) is 45.2 Å². The number of nitrogens with zero attached hydrogens (tertiary/aromatic N) is 4. The Balaban J connectivity index is 1.45. The van der Waals surface area contributed by atoms with Gasteiger partial charge in [-0.25, -0.2) is 9.36 Å². The first-order valence-corrected chi connectivity index (χ1v) is 20.5. The van der Waals surface area contributed by atoms with Crippen LogP contribution in [0.25, 0.3) is 10.4 Å². The molecule has 0 saturated carbocycles. The van der Waals surface area contributed by atoms with Gasteiger partial charge in [-0.05, 0) is 31.0 Å². The molecule has 5 atom stereocenters. The van der Waals surface area contributed by atoms with Gasteiger partial charge in [-0.2, -0.15) is 0 Å². The van der Waals surface area contributed by atoms with Gasteiger partial charge in [0.15, 0.2) is 0 Å². The monoisotopic (exact) mass is 769 g/mol. The summed E-state index contributed by atoms with van der Waals surface area (Å²) >= 11 is 6.28. The number of methoxy groups -OCH3 is 1. The summed E-state index contributed by atoms with van der Waals surface area (Å²) in [5, 5.41) is 3.98. The van der Waals surface area contributed by atoms with E-state index in [1.54, 1.807) is 25.1 Å². The van der Waals surface area contributed by atoms with Crippen LogP contribution in [-0.4, -0.2) is 61.3 Å². The molecule has 16 heteroatoms. The van der Waals surface area contributed by atoms with Crippen LogP contribution in [0.1, 0.15) is 115 Å². The number of para-hydroxylation sites is 1. The number of benzene rings is 1. The molecule has 1 aromatic carbocycles. The second-order valence-corrected chi connectivity index (χ2v) is 15.2. The van der Waals surface area contributed by atoms with Crippen molar-refractivity contribution in [3.8, 4) is 5.75 Å². The Morgan fingerprint density at radius 3 is 2.25 bits per heavy atom. The molecule has 1 fully saturated rings. The van der Waals surface area contributed by atoms with Crippen molar-refractivity contribution < 1.29 is 32.3 Å². The van der Waals surface area contributed by atoms with Crippen LogP contribution in [0.4, 0.5) is 0 Å². The zero-order chi connectivity index (χ0) is 37.6. The molecule has 3 rings (SSSR count). The number of azide groups is 1. The van der Waals surface area contributed by atoms with Crippen LogP contribution in [0.2, 0.25) is 5.02 Å². The molecule has 0 aliphatic carbocycles. The van der Waals surface area contributed by atoms with Gasteiger partial charge in [-0.1, -0.05) is 119 Å². The third-order valence-electron chi connectivity index (χ3n) is 9.00. The minimum absolute atomic E-state index is 0.0719. The predicted molar refractivity (Wildman–Crippen MR) is 201 cm³/mol. The summed E-state index contributed by atoms with van der Waals surface area (Å²) in [5.41, 5.74) is 8.27. The van der Waals surface area contributed by atoms with Gasteiger partial charge in [0.1, 0.15) is 18.1 Å². The lowest BCUT2D eigenvalue weighted by Gasteiger charge is -2.24. The molecule has 1 saturated heterocycles. The predicted octanol–water partition coefficient (Wildman–Crippen LogP) is 9.20. The van der Waals surface area contributed by atoms with Crippen molar-refractivity contribution in [3.63, 3.8) is 0 Å². The SMILES string of the molecule is CCCCCCCCCCCCCCCCOCC(COP(=O)(OC[C@H]1O[C@@H](n2cc(C)c(=O)[nH]c2=O)C[C@@H]1N=[N+]=[N-])Oc1ccccc1Cl)OC. The molecule has 1 aliphatic rings. The summed E-state index contributed by atoms with van der Waals surface area (Å²) in [5.74, 6) is 0.0719. The van der Waals surface area contributed by atoms with Gasteiger partial charge in [0, 0.05) is 36.8 Å². The molecule has 1 aromatic heterocycles. The molecule has 0 bridgehead atoms. The van der Waals surface area contributed by atoms with Crippen molar-refractivity contribution in [1.29, 1.82) is 0 Å². The van der Waals surface area contributed by atoms with E-state index in [-0.39, 0.29) is 37.0 Å². The van der Waals surface area contributed by atoms with E-state index in [9.17, 15) is 19.7 Å². The first-order valence-electron chi connectivity index (χ1n) is 18.6. The number of phosphoric ester groups is 1. The second kappa shape index (κ2) is 24.6. The summed E-state index contributed by atoms with van der Waals surface area (Å²) < 4.78 is 49.7. The lowest BCUT2D eigenvalue weighted by atomic mass is 10.0.